The van der Waals surface area contributed by atoms with Crippen LogP contribution in [-0.4, -0.2) is 43.9 Å². The number of benzene rings is 1. The van der Waals surface area contributed by atoms with Gasteiger partial charge >= 0.3 is 0 Å². The van der Waals surface area contributed by atoms with E-state index >= 15 is 0 Å². The smallest absolute Gasteiger partial charge is 0.191 e. The van der Waals surface area contributed by atoms with E-state index < -0.39 is 6.10 Å². The first-order valence-corrected chi connectivity index (χ1v) is 8.06. The molecule has 0 aliphatic rings. The van der Waals surface area contributed by atoms with Gasteiger partial charge in [0.2, 0.25) is 0 Å². The molecule has 0 bridgehead atoms. The zero-order valence-corrected chi connectivity index (χ0v) is 17.2. The fourth-order valence-corrected chi connectivity index (χ4v) is 2.32. The number of aliphatic hydroxyl groups is 1. The van der Waals surface area contributed by atoms with Crippen LogP contribution in [0.4, 0.5) is 0 Å². The van der Waals surface area contributed by atoms with Crippen molar-refractivity contribution < 1.29 is 9.84 Å². The number of rotatable bonds is 8. The number of hydrogen-bond donors (Lipinski definition) is 3. The molecule has 1 rings (SSSR count). The van der Waals surface area contributed by atoms with Crippen LogP contribution in [0.2, 0.25) is 10.0 Å². The molecule has 0 aromatic heterocycles. The fraction of sp³-hybridized carbons (Fsp3) is 0.533. The van der Waals surface area contributed by atoms with Gasteiger partial charge in [-0.05, 0) is 37.6 Å². The van der Waals surface area contributed by atoms with E-state index in [9.17, 15) is 5.11 Å². The van der Waals surface area contributed by atoms with E-state index in [1.165, 1.54) is 0 Å². The highest BCUT2D eigenvalue weighted by Crippen LogP contribution is 2.23. The van der Waals surface area contributed by atoms with Gasteiger partial charge in [-0.25, -0.2) is 0 Å². The summed E-state index contributed by atoms with van der Waals surface area (Å²) in [6.45, 7) is 6.81. The third kappa shape index (κ3) is 9.56. The fourth-order valence-electron chi connectivity index (χ4n) is 1.78. The average Bonchev–Trinajstić information content (AvgIpc) is 2.47. The highest BCUT2D eigenvalue weighted by molar-refractivity contribution is 14.0. The maximum atomic E-state index is 10.2. The van der Waals surface area contributed by atoms with Crippen molar-refractivity contribution in [2.75, 3.05) is 32.8 Å². The summed E-state index contributed by atoms with van der Waals surface area (Å²) < 4.78 is 5.26. The Morgan fingerprint density at radius 3 is 2.43 bits per heavy atom. The lowest BCUT2D eigenvalue weighted by atomic mass is 10.1. The van der Waals surface area contributed by atoms with E-state index in [1.54, 1.807) is 18.2 Å². The highest BCUT2D eigenvalue weighted by Gasteiger charge is 2.09. The number of halogens is 3. The molecule has 3 N–H and O–H groups in total. The number of ether oxygens (including phenoxy) is 1. The van der Waals surface area contributed by atoms with E-state index in [-0.39, 0.29) is 30.5 Å². The van der Waals surface area contributed by atoms with Gasteiger partial charge in [0.15, 0.2) is 5.96 Å². The highest BCUT2D eigenvalue weighted by atomic mass is 127. The van der Waals surface area contributed by atoms with Gasteiger partial charge in [-0.3, -0.25) is 4.99 Å². The minimum absolute atomic E-state index is 0. The molecule has 0 saturated heterocycles. The standard InChI is InChI=1S/C15H23Cl2N3O2.HI/c1-3-18-15(19-5-6-22-4-2)20-10-14(21)11-7-12(16)9-13(17)8-11;/h7-9,14,21H,3-6,10H2,1-2H3,(H2,18,19,20);1H. The molecule has 5 nitrogen and oxygen atoms in total. The van der Waals surface area contributed by atoms with Crippen LogP contribution in [-0.2, 0) is 4.74 Å². The number of nitrogens with zero attached hydrogens (tertiary/aromatic N) is 1. The molecular formula is C15H24Cl2IN3O2. The summed E-state index contributed by atoms with van der Waals surface area (Å²) in [6, 6.07) is 4.99. The van der Waals surface area contributed by atoms with Crippen molar-refractivity contribution in [3.05, 3.63) is 33.8 Å². The molecule has 0 aliphatic carbocycles. The van der Waals surface area contributed by atoms with E-state index in [0.29, 0.717) is 41.3 Å². The molecule has 8 heteroatoms. The maximum absolute atomic E-state index is 10.2. The third-order valence-electron chi connectivity index (χ3n) is 2.78. The molecule has 132 valence electrons. The quantitative estimate of drug-likeness (QED) is 0.234. The van der Waals surface area contributed by atoms with Gasteiger partial charge in [0, 0.05) is 29.7 Å². The molecule has 23 heavy (non-hydrogen) atoms. The number of nitrogens with one attached hydrogen (secondary N) is 2. The van der Waals surface area contributed by atoms with Gasteiger partial charge in [-0.1, -0.05) is 23.2 Å². The maximum Gasteiger partial charge on any atom is 0.191 e. The zero-order valence-electron chi connectivity index (χ0n) is 13.3. The second-order valence-electron chi connectivity index (χ2n) is 4.56. The Kier molecular flexibility index (Phi) is 12.9. The summed E-state index contributed by atoms with van der Waals surface area (Å²) in [6.07, 6.45) is -0.765. The van der Waals surface area contributed by atoms with Gasteiger partial charge in [0.25, 0.3) is 0 Å². The molecule has 1 unspecified atom stereocenters. The van der Waals surface area contributed by atoms with E-state index in [1.807, 2.05) is 13.8 Å². The van der Waals surface area contributed by atoms with E-state index in [4.69, 9.17) is 27.9 Å². The molecule has 1 aromatic carbocycles. The number of guanidine groups is 1. The molecule has 1 atom stereocenters. The summed E-state index contributed by atoms with van der Waals surface area (Å²) in [7, 11) is 0. The number of aliphatic hydroxyl groups excluding tert-OH is 1. The molecule has 0 radical (unpaired) electrons. The molecule has 0 aliphatic heterocycles. The molecule has 0 heterocycles. The second kappa shape index (κ2) is 13.1. The first-order chi connectivity index (χ1) is 10.6. The first-order valence-electron chi connectivity index (χ1n) is 7.30. The van der Waals surface area contributed by atoms with Crippen LogP contribution in [0.3, 0.4) is 0 Å². The molecule has 0 spiro atoms. The predicted molar refractivity (Wildman–Crippen MR) is 107 cm³/mol. The molecular weight excluding hydrogens is 452 g/mol. The normalized spacial score (nSPS) is 12.5. The summed E-state index contributed by atoms with van der Waals surface area (Å²) >= 11 is 11.9. The lowest BCUT2D eigenvalue weighted by molar-refractivity contribution is 0.152. The van der Waals surface area contributed by atoms with Crippen LogP contribution < -0.4 is 10.6 Å². The molecule has 0 fully saturated rings. The van der Waals surface area contributed by atoms with Gasteiger partial charge in [-0.15, -0.1) is 24.0 Å². The van der Waals surface area contributed by atoms with Crippen LogP contribution >= 0.6 is 47.2 Å². The predicted octanol–water partition coefficient (Wildman–Crippen LogP) is 3.24. The van der Waals surface area contributed by atoms with E-state index in [2.05, 4.69) is 15.6 Å². The number of hydrogen-bond acceptors (Lipinski definition) is 3. The largest absolute Gasteiger partial charge is 0.386 e. The van der Waals surface area contributed by atoms with Gasteiger partial charge in [0.1, 0.15) is 0 Å². The van der Waals surface area contributed by atoms with Crippen molar-refractivity contribution in [3.8, 4) is 0 Å². The Labute approximate surface area is 164 Å². The van der Waals surface area contributed by atoms with Crippen LogP contribution in [0.1, 0.15) is 25.5 Å². The zero-order chi connectivity index (χ0) is 16.4. The van der Waals surface area contributed by atoms with E-state index in [0.717, 1.165) is 6.54 Å². The lowest BCUT2D eigenvalue weighted by Gasteiger charge is -2.13. The lowest BCUT2D eigenvalue weighted by Crippen LogP contribution is -2.39. The van der Waals surface area contributed by atoms with Crippen LogP contribution in [0.25, 0.3) is 0 Å². The summed E-state index contributed by atoms with van der Waals surface area (Å²) in [5.41, 5.74) is 0.645. The SMILES string of the molecule is CCNC(=NCC(O)c1cc(Cl)cc(Cl)c1)NCCOCC.I. The molecule has 0 amide bonds. The van der Waals surface area contributed by atoms with Gasteiger partial charge < -0.3 is 20.5 Å². The van der Waals surface area contributed by atoms with Crippen molar-refractivity contribution >= 4 is 53.1 Å². The minimum Gasteiger partial charge on any atom is -0.386 e. The molecule has 0 saturated carbocycles. The Hall–Kier alpha value is -0.280. The van der Waals surface area contributed by atoms with Crippen molar-refractivity contribution in [1.82, 2.24) is 10.6 Å². The van der Waals surface area contributed by atoms with Gasteiger partial charge in [-0.2, -0.15) is 0 Å². The summed E-state index contributed by atoms with van der Waals surface area (Å²) in [5, 5.41) is 17.4. The Bertz CT molecular complexity index is 470. The van der Waals surface area contributed by atoms with Crippen molar-refractivity contribution in [2.45, 2.75) is 20.0 Å². The van der Waals surface area contributed by atoms with Gasteiger partial charge in [0.05, 0.1) is 19.3 Å². The first kappa shape index (κ1) is 22.7. The van der Waals surface area contributed by atoms with Crippen molar-refractivity contribution in [1.29, 1.82) is 0 Å². The van der Waals surface area contributed by atoms with Crippen molar-refractivity contribution in [3.63, 3.8) is 0 Å². The second-order valence-corrected chi connectivity index (χ2v) is 5.43. The van der Waals surface area contributed by atoms with Crippen LogP contribution in [0.5, 0.6) is 0 Å². The van der Waals surface area contributed by atoms with Crippen molar-refractivity contribution in [2.24, 2.45) is 4.99 Å². The monoisotopic (exact) mass is 475 g/mol. The Morgan fingerprint density at radius 1 is 1.22 bits per heavy atom. The Morgan fingerprint density at radius 2 is 1.87 bits per heavy atom. The van der Waals surface area contributed by atoms with Crippen LogP contribution in [0, 0.1) is 0 Å². The summed E-state index contributed by atoms with van der Waals surface area (Å²) in [4.78, 5) is 4.35. The van der Waals surface area contributed by atoms with Crippen LogP contribution in [0.15, 0.2) is 23.2 Å². The minimum atomic E-state index is -0.765. The number of aliphatic imine (C=N–C) groups is 1. The summed E-state index contributed by atoms with van der Waals surface area (Å²) in [5.74, 6) is 0.634. The topological polar surface area (TPSA) is 65.9 Å². The molecule has 1 aromatic rings. The Balaban J connectivity index is 0.00000484. The third-order valence-corrected chi connectivity index (χ3v) is 3.22. The average molecular weight is 476 g/mol.